The largest absolute Gasteiger partial charge is 0.376 e. The molecule has 1 aromatic heterocycles. The lowest BCUT2D eigenvalue weighted by Gasteiger charge is -2.17. The van der Waals surface area contributed by atoms with E-state index in [9.17, 15) is 9.18 Å². The Hall–Kier alpha value is -2.21. The summed E-state index contributed by atoms with van der Waals surface area (Å²) < 4.78 is 19.3. The number of likely N-dealkylation sites (tertiary alicyclic amines) is 1. The number of ether oxygens (including phenoxy) is 1. The van der Waals surface area contributed by atoms with Gasteiger partial charge in [0.15, 0.2) is 0 Å². The number of nitrogens with one attached hydrogen (secondary N) is 1. The summed E-state index contributed by atoms with van der Waals surface area (Å²) in [4.78, 5) is 14.3. The Kier molecular flexibility index (Phi) is 4.06. The van der Waals surface area contributed by atoms with Crippen molar-refractivity contribution < 1.29 is 13.9 Å². The number of carbonyl (C=O) groups excluding carboxylic acids is 1. The summed E-state index contributed by atoms with van der Waals surface area (Å²) in [6, 6.07) is 6.46. The molecule has 1 amide bonds. The van der Waals surface area contributed by atoms with Gasteiger partial charge in [0.2, 0.25) is 5.91 Å². The molecular formula is C18H20FN3O2. The number of rotatable bonds is 3. The van der Waals surface area contributed by atoms with Crippen molar-refractivity contribution in [2.45, 2.75) is 31.8 Å². The lowest BCUT2D eigenvalue weighted by Crippen LogP contribution is -2.30. The SMILES string of the molecule is O=C(Cc1ccccc1F)N1CCC(c2n[nH]c3c2COCC3)C1. The molecule has 1 atom stereocenters. The van der Waals surface area contributed by atoms with Crippen LogP contribution in [0, 0.1) is 5.82 Å². The average molecular weight is 329 g/mol. The van der Waals surface area contributed by atoms with Gasteiger partial charge in [0.1, 0.15) is 5.82 Å². The van der Waals surface area contributed by atoms with Gasteiger partial charge in [-0.15, -0.1) is 0 Å². The van der Waals surface area contributed by atoms with Crippen molar-refractivity contribution in [3.05, 3.63) is 52.6 Å². The van der Waals surface area contributed by atoms with Crippen LogP contribution in [0.4, 0.5) is 4.39 Å². The van der Waals surface area contributed by atoms with Gasteiger partial charge in [0.25, 0.3) is 0 Å². The quantitative estimate of drug-likeness (QED) is 0.939. The first-order chi connectivity index (χ1) is 11.7. The van der Waals surface area contributed by atoms with Crippen molar-refractivity contribution in [3.63, 3.8) is 0 Å². The first-order valence-electron chi connectivity index (χ1n) is 8.37. The molecule has 1 saturated heterocycles. The third-order valence-electron chi connectivity index (χ3n) is 4.95. The summed E-state index contributed by atoms with van der Waals surface area (Å²) in [7, 11) is 0. The minimum atomic E-state index is -0.319. The number of hydrogen-bond donors (Lipinski definition) is 1. The molecule has 3 heterocycles. The fourth-order valence-electron chi connectivity index (χ4n) is 3.60. The standard InChI is InChI=1S/C18H20FN3O2/c19-15-4-2-1-3-12(15)9-17(23)22-7-5-13(10-22)18-14-11-24-8-6-16(14)20-21-18/h1-4,13H,5-11H2,(H,20,21). The summed E-state index contributed by atoms with van der Waals surface area (Å²) in [5.74, 6) is -0.111. The number of aromatic amines is 1. The van der Waals surface area contributed by atoms with Gasteiger partial charge in [-0.05, 0) is 18.1 Å². The van der Waals surface area contributed by atoms with Gasteiger partial charge in [0.05, 0.1) is 25.3 Å². The molecule has 0 radical (unpaired) electrons. The Morgan fingerprint density at radius 3 is 3.17 bits per heavy atom. The van der Waals surface area contributed by atoms with E-state index >= 15 is 0 Å². The van der Waals surface area contributed by atoms with Crippen LogP contribution in [0.5, 0.6) is 0 Å². The van der Waals surface area contributed by atoms with Crippen molar-refractivity contribution >= 4 is 5.91 Å². The lowest BCUT2D eigenvalue weighted by molar-refractivity contribution is -0.129. The first kappa shape index (κ1) is 15.3. The molecule has 0 spiro atoms. The van der Waals surface area contributed by atoms with Gasteiger partial charge in [-0.1, -0.05) is 18.2 Å². The molecule has 0 aliphatic carbocycles. The van der Waals surface area contributed by atoms with Gasteiger partial charge in [0, 0.05) is 36.7 Å². The number of carbonyl (C=O) groups is 1. The number of benzene rings is 1. The monoisotopic (exact) mass is 329 g/mol. The maximum atomic E-state index is 13.7. The van der Waals surface area contributed by atoms with E-state index in [0.717, 1.165) is 36.4 Å². The molecule has 1 unspecified atom stereocenters. The van der Waals surface area contributed by atoms with Crippen LogP contribution in [0.15, 0.2) is 24.3 Å². The van der Waals surface area contributed by atoms with Crippen LogP contribution in [0.1, 0.15) is 34.9 Å². The molecule has 24 heavy (non-hydrogen) atoms. The van der Waals surface area contributed by atoms with E-state index in [2.05, 4.69) is 10.2 Å². The first-order valence-corrected chi connectivity index (χ1v) is 8.37. The second kappa shape index (κ2) is 6.36. The average Bonchev–Trinajstić information content (AvgIpc) is 3.23. The van der Waals surface area contributed by atoms with Crippen molar-refractivity contribution in [3.8, 4) is 0 Å². The van der Waals surface area contributed by atoms with Crippen molar-refractivity contribution in [2.75, 3.05) is 19.7 Å². The zero-order valence-corrected chi connectivity index (χ0v) is 13.4. The van der Waals surface area contributed by atoms with Crippen LogP contribution in [-0.4, -0.2) is 40.7 Å². The molecule has 0 saturated carbocycles. The molecule has 2 aliphatic heterocycles. The fraction of sp³-hybridized carbons (Fsp3) is 0.444. The van der Waals surface area contributed by atoms with Gasteiger partial charge < -0.3 is 9.64 Å². The predicted octanol–water partition coefficient (Wildman–Crippen LogP) is 2.18. The Morgan fingerprint density at radius 1 is 1.42 bits per heavy atom. The number of nitrogens with zero attached hydrogens (tertiary/aromatic N) is 2. The van der Waals surface area contributed by atoms with Gasteiger partial charge >= 0.3 is 0 Å². The predicted molar refractivity (Wildman–Crippen MR) is 86.0 cm³/mol. The molecule has 0 bridgehead atoms. The van der Waals surface area contributed by atoms with Gasteiger partial charge in [-0.2, -0.15) is 5.10 Å². The van der Waals surface area contributed by atoms with E-state index in [-0.39, 0.29) is 24.1 Å². The highest BCUT2D eigenvalue weighted by Gasteiger charge is 2.32. The molecule has 2 aliphatic rings. The molecule has 2 aromatic rings. The van der Waals surface area contributed by atoms with E-state index in [1.807, 2.05) is 4.90 Å². The zero-order chi connectivity index (χ0) is 16.5. The van der Waals surface area contributed by atoms with Crippen molar-refractivity contribution in [1.82, 2.24) is 15.1 Å². The summed E-state index contributed by atoms with van der Waals surface area (Å²) in [6.07, 6.45) is 1.87. The molecular weight excluding hydrogens is 309 g/mol. The van der Waals surface area contributed by atoms with Crippen LogP contribution in [0.25, 0.3) is 0 Å². The summed E-state index contributed by atoms with van der Waals surface area (Å²) in [6.45, 7) is 2.67. The minimum Gasteiger partial charge on any atom is -0.376 e. The molecule has 1 fully saturated rings. The van der Waals surface area contributed by atoms with Crippen LogP contribution in [0.2, 0.25) is 0 Å². The number of amides is 1. The Labute approximate surface area is 139 Å². The molecule has 6 heteroatoms. The van der Waals surface area contributed by atoms with Crippen molar-refractivity contribution in [1.29, 1.82) is 0 Å². The third-order valence-corrected chi connectivity index (χ3v) is 4.95. The zero-order valence-electron chi connectivity index (χ0n) is 13.4. The fourth-order valence-corrected chi connectivity index (χ4v) is 3.60. The van der Waals surface area contributed by atoms with Gasteiger partial charge in [-0.3, -0.25) is 9.89 Å². The smallest absolute Gasteiger partial charge is 0.227 e. The van der Waals surface area contributed by atoms with E-state index in [0.29, 0.717) is 25.3 Å². The van der Waals surface area contributed by atoms with E-state index in [4.69, 9.17) is 4.74 Å². The molecule has 126 valence electrons. The molecule has 1 aromatic carbocycles. The van der Waals surface area contributed by atoms with Gasteiger partial charge in [-0.25, -0.2) is 4.39 Å². The normalized spacial score (nSPS) is 20.2. The molecule has 4 rings (SSSR count). The van der Waals surface area contributed by atoms with Crippen LogP contribution in [0.3, 0.4) is 0 Å². The van der Waals surface area contributed by atoms with E-state index < -0.39 is 0 Å². The Bertz CT molecular complexity index is 758. The number of aromatic nitrogens is 2. The van der Waals surface area contributed by atoms with Crippen molar-refractivity contribution in [2.24, 2.45) is 0 Å². The lowest BCUT2D eigenvalue weighted by atomic mass is 9.98. The molecule has 1 N–H and O–H groups in total. The number of halogens is 1. The summed E-state index contributed by atoms with van der Waals surface area (Å²) in [5, 5.41) is 7.58. The Balaban J connectivity index is 1.44. The maximum absolute atomic E-state index is 13.7. The highest BCUT2D eigenvalue weighted by molar-refractivity contribution is 5.79. The highest BCUT2D eigenvalue weighted by atomic mass is 19.1. The second-order valence-corrected chi connectivity index (χ2v) is 6.46. The Morgan fingerprint density at radius 2 is 2.29 bits per heavy atom. The van der Waals surface area contributed by atoms with Crippen LogP contribution < -0.4 is 0 Å². The second-order valence-electron chi connectivity index (χ2n) is 6.46. The van der Waals surface area contributed by atoms with E-state index in [1.165, 1.54) is 6.07 Å². The minimum absolute atomic E-state index is 0.0248. The maximum Gasteiger partial charge on any atom is 0.227 e. The van der Waals surface area contributed by atoms with Crippen LogP contribution in [-0.2, 0) is 29.0 Å². The summed E-state index contributed by atoms with van der Waals surface area (Å²) in [5.41, 5.74) is 3.81. The highest BCUT2D eigenvalue weighted by Crippen LogP contribution is 2.31. The third kappa shape index (κ3) is 2.82. The summed E-state index contributed by atoms with van der Waals surface area (Å²) >= 11 is 0. The topological polar surface area (TPSA) is 58.2 Å². The van der Waals surface area contributed by atoms with Crippen LogP contribution >= 0.6 is 0 Å². The van der Waals surface area contributed by atoms with E-state index in [1.54, 1.807) is 18.2 Å². The number of hydrogen-bond acceptors (Lipinski definition) is 3. The number of H-pyrrole nitrogens is 1. The molecule has 5 nitrogen and oxygen atoms in total. The number of fused-ring (bicyclic) bond motifs is 1.